The molecule has 0 amide bonds. The average molecular weight is 248 g/mol. The molecule has 0 fully saturated rings. The Morgan fingerprint density at radius 2 is 2.00 bits per heavy atom. The van der Waals surface area contributed by atoms with Crippen molar-refractivity contribution in [2.24, 2.45) is 0 Å². The third-order valence-electron chi connectivity index (χ3n) is 2.54. The molecule has 17 heavy (non-hydrogen) atoms. The summed E-state index contributed by atoms with van der Waals surface area (Å²) < 4.78 is 0. The lowest BCUT2D eigenvalue weighted by Gasteiger charge is -2.09. The summed E-state index contributed by atoms with van der Waals surface area (Å²) in [5.41, 5.74) is 9.39. The Balaban J connectivity index is 2.31. The lowest BCUT2D eigenvalue weighted by atomic mass is 10.2. The topological polar surface area (TPSA) is 50.9 Å². The van der Waals surface area contributed by atoms with Crippen LogP contribution in [0.2, 0.25) is 5.02 Å². The summed E-state index contributed by atoms with van der Waals surface area (Å²) >= 11 is 6.10. The first kappa shape index (κ1) is 11.7. The number of aromatic nitrogens is 1. The Bertz CT molecular complexity index is 552. The molecule has 4 heteroatoms. The van der Waals surface area contributed by atoms with Crippen molar-refractivity contribution in [1.82, 2.24) is 4.98 Å². The van der Waals surface area contributed by atoms with E-state index in [2.05, 4.69) is 10.3 Å². The van der Waals surface area contributed by atoms with Crippen LogP contribution in [0.3, 0.4) is 0 Å². The number of pyridine rings is 1. The van der Waals surface area contributed by atoms with E-state index in [9.17, 15) is 0 Å². The zero-order chi connectivity index (χ0) is 12.4. The number of benzene rings is 1. The normalized spacial score (nSPS) is 10.3. The number of nitrogens with zero attached hydrogens (tertiary/aromatic N) is 1. The Morgan fingerprint density at radius 3 is 2.71 bits per heavy atom. The quantitative estimate of drug-likeness (QED) is 0.851. The smallest absolute Gasteiger partial charge is 0.130 e. The Morgan fingerprint density at radius 1 is 1.24 bits per heavy atom. The number of halogens is 1. The van der Waals surface area contributed by atoms with Crippen molar-refractivity contribution in [3.05, 3.63) is 46.6 Å². The van der Waals surface area contributed by atoms with Crippen LogP contribution in [0.15, 0.2) is 30.5 Å². The Hall–Kier alpha value is -1.74. The molecule has 3 N–H and O–H groups in total. The zero-order valence-corrected chi connectivity index (χ0v) is 10.5. The van der Waals surface area contributed by atoms with E-state index >= 15 is 0 Å². The molecule has 1 aromatic heterocycles. The lowest BCUT2D eigenvalue weighted by molar-refractivity contribution is 1.27. The number of hydrogen-bond donors (Lipinski definition) is 2. The molecule has 0 atom stereocenters. The summed E-state index contributed by atoms with van der Waals surface area (Å²) in [6.07, 6.45) is 1.64. The van der Waals surface area contributed by atoms with Gasteiger partial charge >= 0.3 is 0 Å². The fourth-order valence-electron chi connectivity index (χ4n) is 1.51. The fourth-order valence-corrected chi connectivity index (χ4v) is 1.67. The van der Waals surface area contributed by atoms with E-state index in [1.807, 2.05) is 38.1 Å². The van der Waals surface area contributed by atoms with Crippen molar-refractivity contribution >= 4 is 28.8 Å². The minimum atomic E-state index is 0.673. The molecule has 0 radical (unpaired) electrons. The summed E-state index contributed by atoms with van der Waals surface area (Å²) in [7, 11) is 0. The molecule has 1 aromatic carbocycles. The van der Waals surface area contributed by atoms with Gasteiger partial charge in [0, 0.05) is 0 Å². The van der Waals surface area contributed by atoms with Gasteiger partial charge in [-0.2, -0.15) is 0 Å². The molecule has 88 valence electrons. The van der Waals surface area contributed by atoms with Crippen molar-refractivity contribution in [1.29, 1.82) is 0 Å². The summed E-state index contributed by atoms with van der Waals surface area (Å²) in [6, 6.07) is 7.71. The van der Waals surface area contributed by atoms with Crippen LogP contribution in [0.5, 0.6) is 0 Å². The van der Waals surface area contributed by atoms with Gasteiger partial charge < -0.3 is 11.1 Å². The van der Waals surface area contributed by atoms with E-state index < -0.39 is 0 Å². The van der Waals surface area contributed by atoms with Gasteiger partial charge in [-0.15, -0.1) is 0 Å². The van der Waals surface area contributed by atoms with Gasteiger partial charge in [0.25, 0.3) is 0 Å². The van der Waals surface area contributed by atoms with E-state index in [0.717, 1.165) is 22.6 Å². The van der Waals surface area contributed by atoms with Gasteiger partial charge in [-0.25, -0.2) is 4.98 Å². The predicted molar refractivity (Wildman–Crippen MR) is 72.9 cm³/mol. The SMILES string of the molecule is Cc1ccc(Cl)c(Nc2cc(C)c(N)cn2)c1. The summed E-state index contributed by atoms with van der Waals surface area (Å²) in [5.74, 6) is 0.740. The summed E-state index contributed by atoms with van der Waals surface area (Å²) in [5, 5.41) is 3.86. The van der Waals surface area contributed by atoms with Crippen molar-refractivity contribution in [2.45, 2.75) is 13.8 Å². The van der Waals surface area contributed by atoms with Gasteiger partial charge in [-0.3, -0.25) is 0 Å². The van der Waals surface area contributed by atoms with Crippen LogP contribution in [0, 0.1) is 13.8 Å². The average Bonchev–Trinajstić information content (AvgIpc) is 2.29. The van der Waals surface area contributed by atoms with E-state index in [1.165, 1.54) is 0 Å². The lowest BCUT2D eigenvalue weighted by Crippen LogP contribution is -1.98. The number of nitrogens with one attached hydrogen (secondary N) is 1. The number of nitrogens with two attached hydrogens (primary N) is 1. The van der Waals surface area contributed by atoms with E-state index in [4.69, 9.17) is 17.3 Å². The largest absolute Gasteiger partial charge is 0.397 e. The number of nitrogen functional groups attached to an aromatic ring is 1. The highest BCUT2D eigenvalue weighted by atomic mass is 35.5. The second-order valence-corrected chi connectivity index (χ2v) is 4.44. The van der Waals surface area contributed by atoms with Crippen LogP contribution in [0.4, 0.5) is 17.2 Å². The predicted octanol–water partition coefficient (Wildman–Crippen LogP) is 3.68. The second kappa shape index (κ2) is 4.63. The molecule has 0 unspecified atom stereocenters. The number of rotatable bonds is 2. The number of aryl methyl sites for hydroxylation is 2. The Kier molecular flexibility index (Phi) is 3.20. The van der Waals surface area contributed by atoms with Crippen LogP contribution >= 0.6 is 11.6 Å². The van der Waals surface area contributed by atoms with Gasteiger partial charge in [0.05, 0.1) is 22.6 Å². The second-order valence-electron chi connectivity index (χ2n) is 4.03. The van der Waals surface area contributed by atoms with Gasteiger partial charge in [0.1, 0.15) is 5.82 Å². The summed E-state index contributed by atoms with van der Waals surface area (Å²) in [4.78, 5) is 4.21. The first-order valence-electron chi connectivity index (χ1n) is 5.31. The molecule has 0 aliphatic rings. The minimum Gasteiger partial charge on any atom is -0.397 e. The third-order valence-corrected chi connectivity index (χ3v) is 2.87. The molecule has 1 heterocycles. The van der Waals surface area contributed by atoms with Gasteiger partial charge in [-0.05, 0) is 43.2 Å². The highest BCUT2D eigenvalue weighted by molar-refractivity contribution is 6.33. The van der Waals surface area contributed by atoms with E-state index in [0.29, 0.717) is 10.7 Å². The first-order chi connectivity index (χ1) is 8.06. The van der Waals surface area contributed by atoms with Crippen molar-refractivity contribution in [2.75, 3.05) is 11.1 Å². The monoisotopic (exact) mass is 247 g/mol. The minimum absolute atomic E-state index is 0.673. The highest BCUT2D eigenvalue weighted by Gasteiger charge is 2.03. The standard InChI is InChI=1S/C13H14ClN3/c1-8-3-4-10(14)12(5-8)17-13-6-9(2)11(15)7-16-13/h3-7H,15H2,1-2H3,(H,16,17). The van der Waals surface area contributed by atoms with Gasteiger partial charge in [0.2, 0.25) is 0 Å². The maximum Gasteiger partial charge on any atom is 0.130 e. The highest BCUT2D eigenvalue weighted by Crippen LogP contribution is 2.26. The van der Waals surface area contributed by atoms with Crippen LogP contribution in [0.1, 0.15) is 11.1 Å². The summed E-state index contributed by atoms with van der Waals surface area (Å²) in [6.45, 7) is 3.96. The third kappa shape index (κ3) is 2.68. The maximum absolute atomic E-state index is 6.10. The van der Waals surface area contributed by atoms with E-state index in [1.54, 1.807) is 6.20 Å². The number of hydrogen-bond acceptors (Lipinski definition) is 3. The maximum atomic E-state index is 6.10. The van der Waals surface area contributed by atoms with E-state index in [-0.39, 0.29) is 0 Å². The molecule has 0 bridgehead atoms. The zero-order valence-electron chi connectivity index (χ0n) is 9.79. The molecular formula is C13H14ClN3. The number of anilines is 3. The molecule has 2 rings (SSSR count). The van der Waals surface area contributed by atoms with Gasteiger partial charge in [0.15, 0.2) is 0 Å². The molecule has 0 spiro atoms. The molecule has 3 nitrogen and oxygen atoms in total. The first-order valence-corrected chi connectivity index (χ1v) is 5.69. The molecule has 0 saturated carbocycles. The van der Waals surface area contributed by atoms with Crippen molar-refractivity contribution in [3.8, 4) is 0 Å². The van der Waals surface area contributed by atoms with Crippen molar-refractivity contribution < 1.29 is 0 Å². The van der Waals surface area contributed by atoms with Crippen LogP contribution < -0.4 is 11.1 Å². The molecule has 2 aromatic rings. The molecule has 0 saturated heterocycles. The molecular weight excluding hydrogens is 234 g/mol. The van der Waals surface area contributed by atoms with Gasteiger partial charge in [-0.1, -0.05) is 17.7 Å². The Labute approximate surface area is 106 Å². The molecule has 0 aliphatic carbocycles. The van der Waals surface area contributed by atoms with Crippen LogP contribution in [-0.4, -0.2) is 4.98 Å². The van der Waals surface area contributed by atoms with Crippen LogP contribution in [0.25, 0.3) is 0 Å². The fraction of sp³-hybridized carbons (Fsp3) is 0.154. The van der Waals surface area contributed by atoms with Crippen LogP contribution in [-0.2, 0) is 0 Å². The molecule has 0 aliphatic heterocycles. The van der Waals surface area contributed by atoms with Crippen molar-refractivity contribution in [3.63, 3.8) is 0 Å².